The zero-order valence-electron chi connectivity index (χ0n) is 8.77. The largest absolute Gasteiger partial charge is 0.478 e. The van der Waals surface area contributed by atoms with Gasteiger partial charge in [0.05, 0.1) is 6.61 Å². The predicted molar refractivity (Wildman–Crippen MR) is 53.5 cm³/mol. The van der Waals surface area contributed by atoms with E-state index >= 15 is 0 Å². The Morgan fingerprint density at radius 3 is 2.47 bits per heavy atom. The molecule has 86 valence electrons. The minimum absolute atomic E-state index is 0.288. The van der Waals surface area contributed by atoms with E-state index in [1.807, 2.05) is 6.92 Å². The molecule has 15 heavy (non-hydrogen) atoms. The molecule has 0 radical (unpaired) electrons. The third-order valence-electron chi connectivity index (χ3n) is 1.49. The molecular weight excluding hydrogens is 200 g/mol. The van der Waals surface area contributed by atoms with Gasteiger partial charge in [-0.1, -0.05) is 0 Å². The SMILES string of the molecule is CCOCCCCOC(=O)C=CC(=O)O. The lowest BCUT2D eigenvalue weighted by Crippen LogP contribution is -2.04. The minimum atomic E-state index is -1.16. The van der Waals surface area contributed by atoms with Crippen LogP contribution in [0.1, 0.15) is 19.8 Å². The highest BCUT2D eigenvalue weighted by Crippen LogP contribution is 1.92. The smallest absolute Gasteiger partial charge is 0.331 e. The van der Waals surface area contributed by atoms with E-state index in [1.165, 1.54) is 0 Å². The van der Waals surface area contributed by atoms with Crippen molar-refractivity contribution >= 4 is 11.9 Å². The van der Waals surface area contributed by atoms with Crippen LogP contribution in [0, 0.1) is 0 Å². The number of carboxylic acids is 1. The maximum absolute atomic E-state index is 10.8. The Morgan fingerprint density at radius 1 is 1.20 bits per heavy atom. The van der Waals surface area contributed by atoms with E-state index in [1.54, 1.807) is 0 Å². The molecule has 0 heterocycles. The number of hydrogen-bond donors (Lipinski definition) is 1. The fraction of sp³-hybridized carbons (Fsp3) is 0.600. The third kappa shape index (κ3) is 10.6. The van der Waals surface area contributed by atoms with Gasteiger partial charge < -0.3 is 14.6 Å². The molecule has 0 saturated heterocycles. The summed E-state index contributed by atoms with van der Waals surface area (Å²) in [7, 11) is 0. The lowest BCUT2D eigenvalue weighted by molar-refractivity contribution is -0.138. The number of unbranched alkanes of at least 4 members (excludes halogenated alkanes) is 1. The van der Waals surface area contributed by atoms with Crippen LogP contribution in [0.3, 0.4) is 0 Å². The van der Waals surface area contributed by atoms with Gasteiger partial charge in [0.2, 0.25) is 0 Å². The van der Waals surface area contributed by atoms with Crippen LogP contribution in [0.15, 0.2) is 12.2 Å². The van der Waals surface area contributed by atoms with Crippen LogP contribution in [0.25, 0.3) is 0 Å². The molecule has 0 aliphatic carbocycles. The molecule has 0 unspecified atom stereocenters. The van der Waals surface area contributed by atoms with Gasteiger partial charge >= 0.3 is 11.9 Å². The number of carbonyl (C=O) groups is 2. The number of ether oxygens (including phenoxy) is 2. The summed E-state index contributed by atoms with van der Waals surface area (Å²) >= 11 is 0. The maximum atomic E-state index is 10.8. The summed E-state index contributed by atoms with van der Waals surface area (Å²) in [4.78, 5) is 20.9. The van der Waals surface area contributed by atoms with Gasteiger partial charge in [0, 0.05) is 25.4 Å². The van der Waals surface area contributed by atoms with Gasteiger partial charge in [0.25, 0.3) is 0 Å². The predicted octanol–water partition coefficient (Wildman–Crippen LogP) is 0.987. The van der Waals surface area contributed by atoms with Gasteiger partial charge in [0.1, 0.15) is 0 Å². The first-order valence-electron chi connectivity index (χ1n) is 4.82. The zero-order valence-corrected chi connectivity index (χ0v) is 8.77. The lowest BCUT2D eigenvalue weighted by atomic mass is 10.3. The van der Waals surface area contributed by atoms with Crippen LogP contribution in [-0.2, 0) is 19.1 Å². The molecule has 0 aliphatic rings. The fourth-order valence-corrected chi connectivity index (χ4v) is 0.811. The van der Waals surface area contributed by atoms with Crippen LogP contribution in [0.5, 0.6) is 0 Å². The second-order valence-corrected chi connectivity index (χ2v) is 2.74. The first-order valence-corrected chi connectivity index (χ1v) is 4.82. The Balaban J connectivity index is 3.35. The average Bonchev–Trinajstić information content (AvgIpc) is 2.20. The van der Waals surface area contributed by atoms with E-state index in [2.05, 4.69) is 0 Å². The van der Waals surface area contributed by atoms with Crippen LogP contribution in [0.4, 0.5) is 0 Å². The van der Waals surface area contributed by atoms with Crippen LogP contribution in [-0.4, -0.2) is 36.9 Å². The third-order valence-corrected chi connectivity index (χ3v) is 1.49. The Bertz CT molecular complexity index is 222. The van der Waals surface area contributed by atoms with Gasteiger partial charge in [-0.2, -0.15) is 0 Å². The number of esters is 1. The second-order valence-electron chi connectivity index (χ2n) is 2.74. The molecule has 0 fully saturated rings. The van der Waals surface area contributed by atoms with Crippen molar-refractivity contribution in [2.24, 2.45) is 0 Å². The number of carbonyl (C=O) groups excluding carboxylic acids is 1. The van der Waals surface area contributed by atoms with E-state index in [-0.39, 0.29) is 6.61 Å². The van der Waals surface area contributed by atoms with Crippen molar-refractivity contribution in [3.63, 3.8) is 0 Å². The zero-order chi connectivity index (χ0) is 11.5. The molecule has 5 nitrogen and oxygen atoms in total. The van der Waals surface area contributed by atoms with Crippen molar-refractivity contribution < 1.29 is 24.2 Å². The van der Waals surface area contributed by atoms with Crippen LogP contribution in [0.2, 0.25) is 0 Å². The van der Waals surface area contributed by atoms with Crippen molar-refractivity contribution in [2.45, 2.75) is 19.8 Å². The Morgan fingerprint density at radius 2 is 1.87 bits per heavy atom. The molecule has 5 heteroatoms. The summed E-state index contributed by atoms with van der Waals surface area (Å²) in [6.45, 7) is 3.53. The van der Waals surface area contributed by atoms with Crippen molar-refractivity contribution in [3.8, 4) is 0 Å². The molecule has 0 aliphatic heterocycles. The van der Waals surface area contributed by atoms with Crippen molar-refractivity contribution in [1.82, 2.24) is 0 Å². The van der Waals surface area contributed by atoms with Crippen LogP contribution >= 0.6 is 0 Å². The first-order chi connectivity index (χ1) is 7.16. The molecule has 0 bridgehead atoms. The summed E-state index contributed by atoms with van der Waals surface area (Å²) in [5.41, 5.74) is 0. The summed E-state index contributed by atoms with van der Waals surface area (Å²) in [5, 5.41) is 8.22. The molecule has 0 rings (SSSR count). The molecular formula is C10H16O5. The van der Waals surface area contributed by atoms with Gasteiger partial charge in [-0.3, -0.25) is 0 Å². The molecule has 0 aromatic carbocycles. The molecule has 0 spiro atoms. The minimum Gasteiger partial charge on any atom is -0.478 e. The number of carboxylic acid groups (broad SMARTS) is 1. The fourth-order valence-electron chi connectivity index (χ4n) is 0.811. The normalized spacial score (nSPS) is 10.5. The van der Waals surface area contributed by atoms with Gasteiger partial charge in [-0.15, -0.1) is 0 Å². The van der Waals surface area contributed by atoms with E-state index in [4.69, 9.17) is 14.6 Å². The van der Waals surface area contributed by atoms with Crippen molar-refractivity contribution in [1.29, 1.82) is 0 Å². The molecule has 0 amide bonds. The van der Waals surface area contributed by atoms with Gasteiger partial charge in [-0.05, 0) is 19.8 Å². The van der Waals surface area contributed by atoms with Gasteiger partial charge in [-0.25, -0.2) is 9.59 Å². The Labute approximate surface area is 88.7 Å². The quantitative estimate of drug-likeness (QED) is 0.372. The molecule has 0 atom stereocenters. The van der Waals surface area contributed by atoms with Crippen molar-refractivity contribution in [3.05, 3.63) is 12.2 Å². The Hall–Kier alpha value is -1.36. The monoisotopic (exact) mass is 216 g/mol. The highest BCUT2D eigenvalue weighted by Gasteiger charge is 1.97. The Kier molecular flexibility index (Phi) is 8.37. The van der Waals surface area contributed by atoms with E-state index < -0.39 is 11.9 Å². The lowest BCUT2D eigenvalue weighted by Gasteiger charge is -2.02. The average molecular weight is 216 g/mol. The van der Waals surface area contributed by atoms with Crippen LogP contribution < -0.4 is 0 Å². The highest BCUT2D eigenvalue weighted by molar-refractivity contribution is 5.90. The summed E-state index contributed by atoms with van der Waals surface area (Å²) < 4.78 is 9.82. The van der Waals surface area contributed by atoms with E-state index in [9.17, 15) is 9.59 Å². The number of rotatable bonds is 8. The van der Waals surface area contributed by atoms with E-state index in [0.717, 1.165) is 18.6 Å². The highest BCUT2D eigenvalue weighted by atomic mass is 16.5. The topological polar surface area (TPSA) is 72.8 Å². The summed E-state index contributed by atoms with van der Waals surface area (Å²) in [6, 6.07) is 0. The second kappa shape index (κ2) is 9.21. The first kappa shape index (κ1) is 13.6. The summed E-state index contributed by atoms with van der Waals surface area (Å²) in [6.07, 6.45) is 3.18. The number of hydrogen-bond acceptors (Lipinski definition) is 4. The number of aliphatic carboxylic acids is 1. The maximum Gasteiger partial charge on any atom is 0.331 e. The molecule has 0 aromatic rings. The molecule has 1 N–H and O–H groups in total. The molecule has 0 saturated carbocycles. The van der Waals surface area contributed by atoms with Gasteiger partial charge in [0.15, 0.2) is 0 Å². The van der Waals surface area contributed by atoms with E-state index in [0.29, 0.717) is 19.6 Å². The standard InChI is InChI=1S/C10H16O5/c1-2-14-7-3-4-8-15-10(13)6-5-9(11)12/h5-6H,2-4,7-8H2,1H3,(H,11,12). The van der Waals surface area contributed by atoms with Crippen molar-refractivity contribution in [2.75, 3.05) is 19.8 Å². The summed E-state index contributed by atoms with van der Waals surface area (Å²) in [5.74, 6) is -1.79. The molecule has 0 aromatic heterocycles.